The Morgan fingerprint density at radius 2 is 1.97 bits per heavy atom. The van der Waals surface area contributed by atoms with Gasteiger partial charge in [0.15, 0.2) is 0 Å². The maximum atomic E-state index is 12.6. The summed E-state index contributed by atoms with van der Waals surface area (Å²) in [7, 11) is 0. The lowest BCUT2D eigenvalue weighted by Crippen LogP contribution is -2.48. The summed E-state index contributed by atoms with van der Waals surface area (Å²) in [6.07, 6.45) is 3.32. The fourth-order valence-electron chi connectivity index (χ4n) is 3.79. The number of aromatic nitrogens is 1. The molecule has 5 nitrogen and oxygen atoms in total. The lowest BCUT2D eigenvalue weighted by molar-refractivity contribution is 0.0620. The molecule has 0 radical (unpaired) electrons. The van der Waals surface area contributed by atoms with Crippen molar-refractivity contribution in [2.75, 3.05) is 26.2 Å². The van der Waals surface area contributed by atoms with Crippen molar-refractivity contribution >= 4 is 28.2 Å². The van der Waals surface area contributed by atoms with Crippen LogP contribution < -0.4 is 0 Å². The fourth-order valence-corrected chi connectivity index (χ4v) is 4.45. The molecule has 3 aromatic heterocycles. The smallest absolute Gasteiger partial charge is 0.255 e. The van der Waals surface area contributed by atoms with Gasteiger partial charge in [-0.3, -0.25) is 14.7 Å². The Kier molecular flexibility index (Phi) is 4.87. The molecule has 1 fully saturated rings. The Bertz CT molecular complexity index is 1110. The molecule has 29 heavy (non-hydrogen) atoms. The van der Waals surface area contributed by atoms with Crippen LogP contribution >= 0.6 is 11.3 Å². The quantitative estimate of drug-likeness (QED) is 0.503. The predicted octanol–water partition coefficient (Wildman–Crippen LogP) is 4.51. The zero-order chi connectivity index (χ0) is 19.6. The molecule has 1 saturated heterocycles. The lowest BCUT2D eigenvalue weighted by atomic mass is 10.1. The molecule has 0 spiro atoms. The third-order valence-electron chi connectivity index (χ3n) is 5.37. The van der Waals surface area contributed by atoms with Crippen molar-refractivity contribution in [3.8, 4) is 11.1 Å². The van der Waals surface area contributed by atoms with Gasteiger partial charge in [0.25, 0.3) is 5.91 Å². The van der Waals surface area contributed by atoms with E-state index in [9.17, 15) is 4.79 Å². The number of furan rings is 1. The van der Waals surface area contributed by atoms with E-state index < -0.39 is 0 Å². The van der Waals surface area contributed by atoms with Gasteiger partial charge in [-0.15, -0.1) is 0 Å². The molecule has 146 valence electrons. The number of carbonyl (C=O) groups excluding carboxylic acids is 1. The summed E-state index contributed by atoms with van der Waals surface area (Å²) in [6, 6.07) is 14.2. The van der Waals surface area contributed by atoms with Crippen molar-refractivity contribution in [2.24, 2.45) is 0 Å². The van der Waals surface area contributed by atoms with Crippen LogP contribution in [0.3, 0.4) is 0 Å². The zero-order valence-electron chi connectivity index (χ0n) is 16.0. The number of thiophene rings is 1. The zero-order valence-corrected chi connectivity index (χ0v) is 16.8. The molecule has 0 atom stereocenters. The summed E-state index contributed by atoms with van der Waals surface area (Å²) in [4.78, 5) is 20.8. The second kappa shape index (κ2) is 7.81. The van der Waals surface area contributed by atoms with Gasteiger partial charge in [0, 0.05) is 44.0 Å². The Morgan fingerprint density at radius 3 is 2.72 bits per heavy atom. The topological polar surface area (TPSA) is 49.6 Å². The Labute approximate surface area is 173 Å². The van der Waals surface area contributed by atoms with E-state index >= 15 is 0 Å². The number of nitrogens with zero attached hydrogens (tertiary/aromatic N) is 3. The van der Waals surface area contributed by atoms with Gasteiger partial charge in [-0.1, -0.05) is 6.07 Å². The van der Waals surface area contributed by atoms with Crippen molar-refractivity contribution in [3.05, 3.63) is 76.9 Å². The number of amides is 1. The average molecular weight is 404 g/mol. The molecule has 0 N–H and O–H groups in total. The highest BCUT2D eigenvalue weighted by molar-refractivity contribution is 7.08. The van der Waals surface area contributed by atoms with Crippen LogP contribution in [-0.4, -0.2) is 46.9 Å². The van der Waals surface area contributed by atoms with Gasteiger partial charge in [0.2, 0.25) is 0 Å². The van der Waals surface area contributed by atoms with Crippen LogP contribution in [0.25, 0.3) is 22.1 Å². The highest BCUT2D eigenvalue weighted by atomic mass is 32.1. The largest absolute Gasteiger partial charge is 0.460 e. The molecule has 1 aliphatic rings. The van der Waals surface area contributed by atoms with Gasteiger partial charge < -0.3 is 9.32 Å². The van der Waals surface area contributed by atoms with E-state index in [0.717, 1.165) is 49.5 Å². The van der Waals surface area contributed by atoms with Crippen LogP contribution in [0.15, 0.2) is 70.0 Å². The molecular weight excluding hydrogens is 382 g/mol. The van der Waals surface area contributed by atoms with E-state index in [1.165, 1.54) is 11.1 Å². The van der Waals surface area contributed by atoms with Gasteiger partial charge in [-0.25, -0.2) is 0 Å². The standard InChI is InChI=1S/C23H21N3O2S/c27-23(18-2-1-6-24-14-18)26-9-7-25(8-10-26)15-21-13-20-12-17(3-4-22(20)28-21)19-5-11-29-16-19/h1-6,11-14,16H,7-10,15H2. The van der Waals surface area contributed by atoms with Crippen LogP contribution in [0.5, 0.6) is 0 Å². The number of hydrogen-bond acceptors (Lipinski definition) is 5. The average Bonchev–Trinajstić information content (AvgIpc) is 3.43. The van der Waals surface area contributed by atoms with Crippen LogP contribution in [0.1, 0.15) is 16.1 Å². The summed E-state index contributed by atoms with van der Waals surface area (Å²) < 4.78 is 6.06. The molecule has 4 heterocycles. The van der Waals surface area contributed by atoms with Crippen molar-refractivity contribution in [1.82, 2.24) is 14.8 Å². The maximum Gasteiger partial charge on any atom is 0.255 e. The minimum Gasteiger partial charge on any atom is -0.460 e. The van der Waals surface area contributed by atoms with E-state index in [4.69, 9.17) is 4.42 Å². The molecule has 1 aliphatic heterocycles. The molecule has 0 saturated carbocycles. The van der Waals surface area contributed by atoms with Gasteiger partial charge >= 0.3 is 0 Å². The number of carbonyl (C=O) groups is 1. The molecule has 0 unspecified atom stereocenters. The number of rotatable bonds is 4. The van der Waals surface area contributed by atoms with Crippen LogP contribution in [0, 0.1) is 0 Å². The van der Waals surface area contributed by atoms with E-state index in [2.05, 4.69) is 51.0 Å². The van der Waals surface area contributed by atoms with E-state index in [-0.39, 0.29) is 5.91 Å². The van der Waals surface area contributed by atoms with E-state index in [1.54, 1.807) is 29.8 Å². The first-order valence-corrected chi connectivity index (χ1v) is 10.7. The Morgan fingerprint density at radius 1 is 1.07 bits per heavy atom. The summed E-state index contributed by atoms with van der Waals surface area (Å²) in [6.45, 7) is 3.87. The first-order chi connectivity index (χ1) is 14.3. The summed E-state index contributed by atoms with van der Waals surface area (Å²) in [5.41, 5.74) is 4.03. The summed E-state index contributed by atoms with van der Waals surface area (Å²) in [5, 5.41) is 5.39. The monoisotopic (exact) mass is 403 g/mol. The van der Waals surface area contributed by atoms with Crippen LogP contribution in [-0.2, 0) is 6.54 Å². The Hall–Kier alpha value is -2.96. The number of hydrogen-bond donors (Lipinski definition) is 0. The highest BCUT2D eigenvalue weighted by Gasteiger charge is 2.23. The van der Waals surface area contributed by atoms with E-state index in [0.29, 0.717) is 5.56 Å². The first-order valence-electron chi connectivity index (χ1n) is 9.73. The minimum absolute atomic E-state index is 0.0578. The van der Waals surface area contributed by atoms with Crippen LogP contribution in [0.2, 0.25) is 0 Å². The third kappa shape index (κ3) is 3.81. The molecule has 1 aromatic carbocycles. The molecule has 4 aromatic rings. The SMILES string of the molecule is O=C(c1cccnc1)N1CCN(Cc2cc3cc(-c4ccsc4)ccc3o2)CC1. The maximum absolute atomic E-state index is 12.6. The van der Waals surface area contributed by atoms with Crippen LogP contribution in [0.4, 0.5) is 0 Å². The molecule has 0 aliphatic carbocycles. The normalized spacial score (nSPS) is 15.1. The molecular formula is C23H21N3O2S. The second-order valence-electron chi connectivity index (χ2n) is 7.29. The lowest BCUT2D eigenvalue weighted by Gasteiger charge is -2.34. The first kappa shape index (κ1) is 18.1. The highest BCUT2D eigenvalue weighted by Crippen LogP contribution is 2.28. The summed E-state index contributed by atoms with van der Waals surface area (Å²) >= 11 is 1.71. The third-order valence-corrected chi connectivity index (χ3v) is 6.05. The van der Waals surface area contributed by atoms with Crippen molar-refractivity contribution < 1.29 is 9.21 Å². The number of pyridine rings is 1. The van der Waals surface area contributed by atoms with Gasteiger partial charge in [0.05, 0.1) is 12.1 Å². The molecule has 1 amide bonds. The van der Waals surface area contributed by atoms with Gasteiger partial charge in [0.1, 0.15) is 11.3 Å². The molecule has 6 heteroatoms. The minimum atomic E-state index is 0.0578. The predicted molar refractivity (Wildman–Crippen MR) is 115 cm³/mol. The fraction of sp³-hybridized carbons (Fsp3) is 0.217. The van der Waals surface area contributed by atoms with E-state index in [1.807, 2.05) is 11.0 Å². The Balaban J connectivity index is 1.23. The number of piperazine rings is 1. The number of benzene rings is 1. The second-order valence-corrected chi connectivity index (χ2v) is 8.07. The molecule has 0 bridgehead atoms. The van der Waals surface area contributed by atoms with Crippen molar-refractivity contribution in [3.63, 3.8) is 0 Å². The van der Waals surface area contributed by atoms with Crippen molar-refractivity contribution in [1.29, 1.82) is 0 Å². The summed E-state index contributed by atoms with van der Waals surface area (Å²) in [5.74, 6) is 1.02. The van der Waals surface area contributed by atoms with Gasteiger partial charge in [-0.05, 0) is 58.3 Å². The molecule has 5 rings (SSSR count). The number of fused-ring (bicyclic) bond motifs is 1. The van der Waals surface area contributed by atoms with Crippen molar-refractivity contribution in [2.45, 2.75) is 6.54 Å². The van der Waals surface area contributed by atoms with Gasteiger partial charge in [-0.2, -0.15) is 11.3 Å².